The second-order valence-electron chi connectivity index (χ2n) is 5.50. The largest absolute Gasteiger partial charge is 0.343 e. The summed E-state index contributed by atoms with van der Waals surface area (Å²) in [4.78, 5) is 26.0. The minimum atomic E-state index is -0.0966. The monoisotopic (exact) mass is 342 g/mol. The van der Waals surface area contributed by atoms with Crippen LogP contribution >= 0.6 is 23.2 Å². The van der Waals surface area contributed by atoms with Gasteiger partial charge in [-0.05, 0) is 31.4 Å². The third-order valence-corrected chi connectivity index (χ3v) is 4.71. The Kier molecular flexibility index (Phi) is 6.09. The molecule has 120 valence electrons. The molecule has 1 aliphatic rings. The summed E-state index contributed by atoms with van der Waals surface area (Å²) in [5, 5.41) is 3.60. The molecule has 0 aromatic heterocycles. The molecule has 4 nitrogen and oxygen atoms in total. The van der Waals surface area contributed by atoms with Crippen LogP contribution < -0.4 is 5.32 Å². The van der Waals surface area contributed by atoms with Gasteiger partial charge in [0.15, 0.2) is 0 Å². The zero-order valence-electron chi connectivity index (χ0n) is 12.6. The number of likely N-dealkylation sites (tertiary alicyclic amines) is 1. The third-order valence-electron chi connectivity index (χ3n) is 3.89. The number of carbonyl (C=O) groups is 2. The van der Waals surface area contributed by atoms with E-state index in [0.717, 1.165) is 6.42 Å². The normalized spacial score (nSPS) is 15.7. The predicted octanol–water partition coefficient (Wildman–Crippen LogP) is 3.97. The Hall–Kier alpha value is -1.26. The van der Waals surface area contributed by atoms with Gasteiger partial charge in [0.1, 0.15) is 0 Å². The van der Waals surface area contributed by atoms with E-state index in [2.05, 4.69) is 5.32 Å². The Labute approximate surface area is 140 Å². The number of piperidine rings is 1. The van der Waals surface area contributed by atoms with Crippen molar-refractivity contribution in [2.24, 2.45) is 5.92 Å². The lowest BCUT2D eigenvalue weighted by Gasteiger charge is -2.31. The molecular weight excluding hydrogens is 323 g/mol. The SMILES string of the molecule is CCCC(=O)N1CCC(C(=O)Nc2cccc(Cl)c2Cl)CC1. The summed E-state index contributed by atoms with van der Waals surface area (Å²) in [5.74, 6) is 0.0201. The van der Waals surface area contributed by atoms with E-state index < -0.39 is 0 Å². The van der Waals surface area contributed by atoms with E-state index in [1.54, 1.807) is 18.2 Å². The molecule has 0 atom stereocenters. The first-order valence-electron chi connectivity index (χ1n) is 7.55. The van der Waals surface area contributed by atoms with Crippen molar-refractivity contribution in [3.63, 3.8) is 0 Å². The second-order valence-corrected chi connectivity index (χ2v) is 6.28. The zero-order chi connectivity index (χ0) is 16.1. The second kappa shape index (κ2) is 7.84. The van der Waals surface area contributed by atoms with Crippen LogP contribution in [-0.2, 0) is 9.59 Å². The van der Waals surface area contributed by atoms with Crippen LogP contribution in [0, 0.1) is 5.92 Å². The number of rotatable bonds is 4. The van der Waals surface area contributed by atoms with Crippen LogP contribution in [0.5, 0.6) is 0 Å². The van der Waals surface area contributed by atoms with Crippen molar-refractivity contribution in [1.29, 1.82) is 0 Å². The highest BCUT2D eigenvalue weighted by Crippen LogP contribution is 2.30. The molecule has 1 aromatic rings. The number of amides is 2. The number of hydrogen-bond donors (Lipinski definition) is 1. The molecule has 1 N–H and O–H groups in total. The molecule has 0 spiro atoms. The number of anilines is 1. The fourth-order valence-corrected chi connectivity index (χ4v) is 2.95. The molecular formula is C16H20Cl2N2O2. The fourth-order valence-electron chi connectivity index (χ4n) is 2.60. The average molecular weight is 343 g/mol. The van der Waals surface area contributed by atoms with Crippen LogP contribution in [0.4, 0.5) is 5.69 Å². The standard InChI is InChI=1S/C16H20Cl2N2O2/c1-2-4-14(21)20-9-7-11(8-10-20)16(22)19-13-6-3-5-12(17)15(13)18/h3,5-6,11H,2,4,7-10H2,1H3,(H,19,22). The van der Waals surface area contributed by atoms with Crippen LogP contribution in [0.25, 0.3) is 0 Å². The highest BCUT2D eigenvalue weighted by molar-refractivity contribution is 6.44. The lowest BCUT2D eigenvalue weighted by atomic mass is 9.95. The van der Waals surface area contributed by atoms with Crippen LogP contribution in [0.15, 0.2) is 18.2 Å². The Balaban J connectivity index is 1.90. The molecule has 0 radical (unpaired) electrons. The van der Waals surface area contributed by atoms with Gasteiger partial charge in [-0.2, -0.15) is 0 Å². The van der Waals surface area contributed by atoms with Crippen LogP contribution in [-0.4, -0.2) is 29.8 Å². The van der Waals surface area contributed by atoms with E-state index >= 15 is 0 Å². The minimum Gasteiger partial charge on any atom is -0.343 e. The Morgan fingerprint density at radius 2 is 1.95 bits per heavy atom. The molecule has 0 aliphatic carbocycles. The number of carbonyl (C=O) groups excluding carboxylic acids is 2. The van der Waals surface area contributed by atoms with Crippen molar-refractivity contribution in [3.8, 4) is 0 Å². The highest BCUT2D eigenvalue weighted by Gasteiger charge is 2.27. The molecule has 0 saturated carbocycles. The van der Waals surface area contributed by atoms with Crippen LogP contribution in [0.1, 0.15) is 32.6 Å². The van der Waals surface area contributed by atoms with Gasteiger partial charge in [0.25, 0.3) is 0 Å². The number of hydrogen-bond acceptors (Lipinski definition) is 2. The maximum absolute atomic E-state index is 12.3. The first-order valence-corrected chi connectivity index (χ1v) is 8.31. The lowest BCUT2D eigenvalue weighted by Crippen LogP contribution is -2.41. The molecule has 22 heavy (non-hydrogen) atoms. The van der Waals surface area contributed by atoms with Gasteiger partial charge in [-0.15, -0.1) is 0 Å². The molecule has 2 amide bonds. The summed E-state index contributed by atoms with van der Waals surface area (Å²) in [6.07, 6.45) is 2.79. The summed E-state index contributed by atoms with van der Waals surface area (Å²) in [6.45, 7) is 3.27. The lowest BCUT2D eigenvalue weighted by molar-refractivity contribution is -0.134. The van der Waals surface area contributed by atoms with Gasteiger partial charge < -0.3 is 10.2 Å². The molecule has 0 bridgehead atoms. The van der Waals surface area contributed by atoms with E-state index in [0.29, 0.717) is 48.1 Å². The summed E-state index contributed by atoms with van der Waals surface area (Å²) in [5.41, 5.74) is 0.531. The molecule has 1 aromatic carbocycles. The van der Waals surface area contributed by atoms with E-state index in [-0.39, 0.29) is 17.7 Å². The van der Waals surface area contributed by atoms with Gasteiger partial charge in [-0.3, -0.25) is 9.59 Å². The summed E-state index contributed by atoms with van der Waals surface area (Å²) >= 11 is 12.0. The molecule has 1 heterocycles. The summed E-state index contributed by atoms with van der Waals surface area (Å²) in [7, 11) is 0. The molecule has 2 rings (SSSR count). The minimum absolute atomic E-state index is 0.0632. The molecule has 1 fully saturated rings. The van der Waals surface area contributed by atoms with E-state index in [9.17, 15) is 9.59 Å². The number of halogens is 2. The third kappa shape index (κ3) is 4.14. The molecule has 6 heteroatoms. The van der Waals surface area contributed by atoms with Crippen molar-refractivity contribution in [3.05, 3.63) is 28.2 Å². The van der Waals surface area contributed by atoms with Gasteiger partial charge in [-0.25, -0.2) is 0 Å². The maximum Gasteiger partial charge on any atom is 0.227 e. The molecule has 1 aliphatic heterocycles. The van der Waals surface area contributed by atoms with Crippen molar-refractivity contribution >= 4 is 40.7 Å². The first-order chi connectivity index (χ1) is 10.5. The summed E-state index contributed by atoms with van der Waals surface area (Å²) in [6, 6.07) is 5.15. The average Bonchev–Trinajstić information content (AvgIpc) is 2.52. The van der Waals surface area contributed by atoms with Gasteiger partial charge in [0.05, 0.1) is 15.7 Å². The van der Waals surface area contributed by atoms with Gasteiger partial charge in [0.2, 0.25) is 11.8 Å². The smallest absolute Gasteiger partial charge is 0.227 e. The van der Waals surface area contributed by atoms with E-state index in [4.69, 9.17) is 23.2 Å². The maximum atomic E-state index is 12.3. The van der Waals surface area contributed by atoms with Gasteiger partial charge in [0, 0.05) is 25.4 Å². The van der Waals surface area contributed by atoms with Crippen LogP contribution in [0.3, 0.4) is 0 Å². The first kappa shape index (κ1) is 17.1. The topological polar surface area (TPSA) is 49.4 Å². The van der Waals surface area contributed by atoms with Gasteiger partial charge in [-0.1, -0.05) is 36.2 Å². The van der Waals surface area contributed by atoms with Crippen molar-refractivity contribution in [2.75, 3.05) is 18.4 Å². The highest BCUT2D eigenvalue weighted by atomic mass is 35.5. The number of nitrogens with one attached hydrogen (secondary N) is 1. The molecule has 1 saturated heterocycles. The Bertz CT molecular complexity index is 555. The van der Waals surface area contributed by atoms with Crippen LogP contribution in [0.2, 0.25) is 10.0 Å². The van der Waals surface area contributed by atoms with E-state index in [1.807, 2.05) is 11.8 Å². The number of benzene rings is 1. The Morgan fingerprint density at radius 1 is 1.27 bits per heavy atom. The predicted molar refractivity (Wildman–Crippen MR) is 89.3 cm³/mol. The van der Waals surface area contributed by atoms with E-state index in [1.165, 1.54) is 0 Å². The van der Waals surface area contributed by atoms with Gasteiger partial charge >= 0.3 is 0 Å². The van der Waals surface area contributed by atoms with Crippen molar-refractivity contribution in [1.82, 2.24) is 4.90 Å². The summed E-state index contributed by atoms with van der Waals surface area (Å²) < 4.78 is 0. The molecule has 0 unspecified atom stereocenters. The quantitative estimate of drug-likeness (QED) is 0.899. The van der Waals surface area contributed by atoms with Crippen molar-refractivity contribution < 1.29 is 9.59 Å². The fraction of sp³-hybridized carbons (Fsp3) is 0.500. The zero-order valence-corrected chi connectivity index (χ0v) is 14.1. The Morgan fingerprint density at radius 3 is 2.59 bits per heavy atom. The number of nitrogens with zero attached hydrogens (tertiary/aromatic N) is 1. The van der Waals surface area contributed by atoms with Crippen molar-refractivity contribution in [2.45, 2.75) is 32.6 Å².